The predicted molar refractivity (Wildman–Crippen MR) is 69.1 cm³/mol. The first-order valence-electron chi connectivity index (χ1n) is 5.92. The standard InChI is InChI=1S/C14H18N2O3/c1-9-5-12(6-13(7-15)14(17)18)11(3)16(9)10(2)8-19-4/h5-6,10H,8H2,1-4H3,(H,17,18)/p-1/b13-6+/t10-/m0/s1. The van der Waals surface area contributed by atoms with E-state index in [9.17, 15) is 9.90 Å². The van der Waals surface area contributed by atoms with E-state index in [-0.39, 0.29) is 11.6 Å². The van der Waals surface area contributed by atoms with Crippen LogP contribution in [0.1, 0.15) is 29.9 Å². The summed E-state index contributed by atoms with van der Waals surface area (Å²) < 4.78 is 7.18. The van der Waals surface area contributed by atoms with Crippen LogP contribution in [0.15, 0.2) is 11.6 Å². The fourth-order valence-electron chi connectivity index (χ4n) is 2.24. The van der Waals surface area contributed by atoms with Crippen molar-refractivity contribution < 1.29 is 14.6 Å². The molecule has 0 saturated carbocycles. The van der Waals surface area contributed by atoms with E-state index in [2.05, 4.69) is 4.57 Å². The molecular formula is C14H17N2O3-. The minimum Gasteiger partial charge on any atom is -0.544 e. The quantitative estimate of drug-likeness (QED) is 0.584. The summed E-state index contributed by atoms with van der Waals surface area (Å²) in [4.78, 5) is 10.7. The maximum absolute atomic E-state index is 10.7. The van der Waals surface area contributed by atoms with Gasteiger partial charge in [0.25, 0.3) is 0 Å². The van der Waals surface area contributed by atoms with Crippen molar-refractivity contribution in [3.8, 4) is 6.07 Å². The van der Waals surface area contributed by atoms with Crippen molar-refractivity contribution >= 4 is 12.0 Å². The maximum atomic E-state index is 10.7. The van der Waals surface area contributed by atoms with Crippen molar-refractivity contribution in [2.45, 2.75) is 26.8 Å². The molecule has 0 fully saturated rings. The first-order valence-corrected chi connectivity index (χ1v) is 5.92. The zero-order valence-electron chi connectivity index (χ0n) is 11.6. The molecule has 0 spiro atoms. The van der Waals surface area contributed by atoms with Gasteiger partial charge in [0, 0.05) is 18.5 Å². The summed E-state index contributed by atoms with van der Waals surface area (Å²) in [5.74, 6) is -1.46. The zero-order chi connectivity index (χ0) is 14.6. The van der Waals surface area contributed by atoms with Crippen LogP contribution in [0.25, 0.3) is 6.08 Å². The van der Waals surface area contributed by atoms with Gasteiger partial charge in [-0.05, 0) is 38.5 Å². The molecular weight excluding hydrogens is 244 g/mol. The lowest BCUT2D eigenvalue weighted by atomic mass is 10.1. The van der Waals surface area contributed by atoms with Gasteiger partial charge < -0.3 is 19.2 Å². The minimum absolute atomic E-state index is 0.139. The largest absolute Gasteiger partial charge is 0.544 e. The second-order valence-corrected chi connectivity index (χ2v) is 4.46. The average molecular weight is 261 g/mol. The molecule has 0 unspecified atom stereocenters. The van der Waals surface area contributed by atoms with Gasteiger partial charge in [-0.2, -0.15) is 5.26 Å². The smallest absolute Gasteiger partial charge is 0.101 e. The second-order valence-electron chi connectivity index (χ2n) is 4.46. The highest BCUT2D eigenvalue weighted by molar-refractivity contribution is 5.95. The summed E-state index contributed by atoms with van der Waals surface area (Å²) in [6, 6.07) is 3.61. The molecule has 1 atom stereocenters. The van der Waals surface area contributed by atoms with E-state index in [0.717, 1.165) is 11.4 Å². The Morgan fingerprint density at radius 1 is 1.63 bits per heavy atom. The van der Waals surface area contributed by atoms with E-state index in [1.807, 2.05) is 26.8 Å². The molecule has 5 heteroatoms. The van der Waals surface area contributed by atoms with Gasteiger partial charge in [-0.15, -0.1) is 0 Å². The Kier molecular flexibility index (Phi) is 4.90. The van der Waals surface area contributed by atoms with Crippen LogP contribution in [0.5, 0.6) is 0 Å². The van der Waals surface area contributed by atoms with Gasteiger partial charge in [-0.1, -0.05) is 0 Å². The van der Waals surface area contributed by atoms with Gasteiger partial charge in [-0.3, -0.25) is 0 Å². The summed E-state index contributed by atoms with van der Waals surface area (Å²) >= 11 is 0. The average Bonchev–Trinajstić information content (AvgIpc) is 2.61. The molecule has 0 N–H and O–H groups in total. The Bertz CT molecular complexity index is 550. The number of rotatable bonds is 5. The third-order valence-electron chi connectivity index (χ3n) is 3.01. The van der Waals surface area contributed by atoms with Crippen molar-refractivity contribution in [3.05, 3.63) is 28.6 Å². The Labute approximate surface area is 112 Å². The summed E-state index contributed by atoms with van der Waals surface area (Å²) in [7, 11) is 1.63. The highest BCUT2D eigenvalue weighted by atomic mass is 16.5. The minimum atomic E-state index is -1.46. The lowest BCUT2D eigenvalue weighted by Gasteiger charge is -2.17. The molecule has 5 nitrogen and oxygen atoms in total. The molecule has 0 bridgehead atoms. The van der Waals surface area contributed by atoms with Crippen LogP contribution >= 0.6 is 0 Å². The lowest BCUT2D eigenvalue weighted by Crippen LogP contribution is -2.23. The fourth-order valence-corrected chi connectivity index (χ4v) is 2.24. The number of aliphatic carboxylic acids is 1. The number of nitriles is 1. The molecule has 102 valence electrons. The van der Waals surface area contributed by atoms with Gasteiger partial charge in [-0.25, -0.2) is 0 Å². The first-order chi connectivity index (χ1) is 8.92. The highest BCUT2D eigenvalue weighted by Gasteiger charge is 2.13. The molecule has 0 radical (unpaired) electrons. The number of aryl methyl sites for hydroxylation is 1. The van der Waals surface area contributed by atoms with Crippen molar-refractivity contribution in [2.24, 2.45) is 0 Å². The van der Waals surface area contributed by atoms with Crippen LogP contribution < -0.4 is 5.11 Å². The Morgan fingerprint density at radius 3 is 2.74 bits per heavy atom. The monoisotopic (exact) mass is 261 g/mol. The molecule has 1 aromatic rings. The van der Waals surface area contributed by atoms with Crippen molar-refractivity contribution in [1.29, 1.82) is 5.26 Å². The summed E-state index contributed by atoms with van der Waals surface area (Å²) in [5, 5.41) is 19.5. The number of carboxylic acid groups (broad SMARTS) is 1. The SMILES string of the molecule is COC[C@H](C)n1c(C)cc(/C=C(\C#N)C(=O)[O-])c1C. The topological polar surface area (TPSA) is 78.1 Å². The first kappa shape index (κ1) is 15.0. The van der Waals surface area contributed by atoms with E-state index in [1.54, 1.807) is 13.2 Å². The summed E-state index contributed by atoms with van der Waals surface area (Å²) in [5.41, 5.74) is 2.22. The lowest BCUT2D eigenvalue weighted by molar-refractivity contribution is -0.298. The maximum Gasteiger partial charge on any atom is 0.101 e. The normalized spacial score (nSPS) is 13.1. The molecule has 0 aliphatic rings. The predicted octanol–water partition coefficient (Wildman–Crippen LogP) is 0.969. The van der Waals surface area contributed by atoms with Crippen LogP contribution in [0.4, 0.5) is 0 Å². The molecule has 1 aromatic heterocycles. The van der Waals surface area contributed by atoms with Crippen LogP contribution in [0, 0.1) is 25.2 Å². The van der Waals surface area contributed by atoms with E-state index >= 15 is 0 Å². The van der Waals surface area contributed by atoms with Gasteiger partial charge in [0.1, 0.15) is 6.07 Å². The third-order valence-corrected chi connectivity index (χ3v) is 3.01. The number of nitrogens with zero attached hydrogens (tertiary/aromatic N) is 2. The Balaban J connectivity index is 3.24. The third kappa shape index (κ3) is 3.24. The van der Waals surface area contributed by atoms with E-state index < -0.39 is 5.97 Å². The van der Waals surface area contributed by atoms with Crippen LogP contribution in [-0.4, -0.2) is 24.3 Å². The number of carboxylic acids is 1. The fraction of sp³-hybridized carbons (Fsp3) is 0.429. The number of carbonyl (C=O) groups is 1. The summed E-state index contributed by atoms with van der Waals surface area (Å²) in [6.45, 7) is 6.39. The van der Waals surface area contributed by atoms with Gasteiger partial charge in [0.05, 0.1) is 24.2 Å². The van der Waals surface area contributed by atoms with E-state index in [0.29, 0.717) is 12.2 Å². The molecule has 1 rings (SSSR count). The number of hydrogen-bond acceptors (Lipinski definition) is 4. The molecule has 1 heterocycles. The molecule has 0 aliphatic carbocycles. The Morgan fingerprint density at radius 2 is 2.26 bits per heavy atom. The number of hydrogen-bond donors (Lipinski definition) is 0. The van der Waals surface area contributed by atoms with Crippen LogP contribution in [-0.2, 0) is 9.53 Å². The molecule has 0 amide bonds. The molecule has 0 saturated heterocycles. The number of methoxy groups -OCH3 is 1. The number of aromatic nitrogens is 1. The molecule has 0 aliphatic heterocycles. The number of carbonyl (C=O) groups excluding carboxylic acids is 1. The van der Waals surface area contributed by atoms with E-state index in [1.165, 1.54) is 6.08 Å². The van der Waals surface area contributed by atoms with Crippen LogP contribution in [0.3, 0.4) is 0 Å². The molecule has 0 aromatic carbocycles. The number of ether oxygens (including phenoxy) is 1. The second kappa shape index (κ2) is 6.21. The van der Waals surface area contributed by atoms with Crippen LogP contribution in [0.2, 0.25) is 0 Å². The Hall–Kier alpha value is -2.06. The van der Waals surface area contributed by atoms with Gasteiger partial charge in [0.15, 0.2) is 0 Å². The zero-order valence-corrected chi connectivity index (χ0v) is 11.6. The molecule has 19 heavy (non-hydrogen) atoms. The van der Waals surface area contributed by atoms with Gasteiger partial charge in [0.2, 0.25) is 0 Å². The summed E-state index contributed by atoms with van der Waals surface area (Å²) in [6.07, 6.45) is 1.34. The van der Waals surface area contributed by atoms with E-state index in [4.69, 9.17) is 10.00 Å². The highest BCUT2D eigenvalue weighted by Crippen LogP contribution is 2.22. The van der Waals surface area contributed by atoms with Gasteiger partial charge >= 0.3 is 0 Å². The van der Waals surface area contributed by atoms with Crippen molar-refractivity contribution in [1.82, 2.24) is 4.57 Å². The van der Waals surface area contributed by atoms with Crippen molar-refractivity contribution in [3.63, 3.8) is 0 Å². The van der Waals surface area contributed by atoms with Crippen molar-refractivity contribution in [2.75, 3.05) is 13.7 Å².